The Bertz CT molecular complexity index is 1190. The summed E-state index contributed by atoms with van der Waals surface area (Å²) in [5, 5.41) is 3.63. The molecule has 1 aliphatic heterocycles. The van der Waals surface area contributed by atoms with Crippen molar-refractivity contribution >= 4 is 30.0 Å². The second-order valence-electron chi connectivity index (χ2n) is 6.25. The normalized spacial score (nSPS) is 12.2. The third-order valence-corrected chi connectivity index (χ3v) is 4.42. The number of anilines is 1. The number of methoxy groups -OCH3 is 2. The lowest BCUT2D eigenvalue weighted by Gasteiger charge is -2.11. The maximum absolute atomic E-state index is 12.9. The van der Waals surface area contributed by atoms with Gasteiger partial charge in [0.15, 0.2) is 5.42 Å². The van der Waals surface area contributed by atoms with Gasteiger partial charge in [-0.15, -0.1) is 0 Å². The number of carbonyl (C=O) groups is 1. The lowest BCUT2D eigenvalue weighted by Crippen LogP contribution is -2.21. The number of amides is 1. The molecule has 1 N–H and O–H groups in total. The Morgan fingerprint density at radius 1 is 1.10 bits per heavy atom. The fourth-order valence-corrected chi connectivity index (χ4v) is 2.96. The van der Waals surface area contributed by atoms with E-state index in [1.165, 1.54) is 14.2 Å². The number of nitrogens with one attached hydrogen (secondary N) is 1. The monoisotopic (exact) mass is 389 g/mol. The van der Waals surface area contributed by atoms with E-state index in [4.69, 9.17) is 13.9 Å². The third kappa shape index (κ3) is 3.89. The summed E-state index contributed by atoms with van der Waals surface area (Å²) in [6.45, 7) is 0.536. The SMILES string of the molecule is COc1cc(OC)cc(C(=O)Nc2ccccc2-c2nc3c(o2)=CCN=CC=3)c1. The van der Waals surface area contributed by atoms with Crippen LogP contribution in [0, 0.1) is 0 Å². The van der Waals surface area contributed by atoms with E-state index < -0.39 is 0 Å². The summed E-state index contributed by atoms with van der Waals surface area (Å²) in [5.74, 6) is 1.20. The van der Waals surface area contributed by atoms with Gasteiger partial charge in [-0.25, -0.2) is 4.98 Å². The van der Waals surface area contributed by atoms with Crippen LogP contribution in [0.25, 0.3) is 23.6 Å². The van der Waals surface area contributed by atoms with Crippen LogP contribution in [0.15, 0.2) is 51.9 Å². The molecule has 0 fully saturated rings. The largest absolute Gasteiger partial charge is 0.497 e. The van der Waals surface area contributed by atoms with Crippen LogP contribution in [-0.4, -0.2) is 37.9 Å². The molecular formula is C22H19N3O4. The summed E-state index contributed by atoms with van der Waals surface area (Å²) < 4.78 is 16.4. The molecule has 0 aliphatic carbocycles. The van der Waals surface area contributed by atoms with Crippen molar-refractivity contribution in [2.75, 3.05) is 26.1 Å². The summed E-state index contributed by atoms with van der Waals surface area (Å²) >= 11 is 0. The van der Waals surface area contributed by atoms with E-state index >= 15 is 0 Å². The zero-order chi connectivity index (χ0) is 20.2. The maximum atomic E-state index is 12.9. The van der Waals surface area contributed by atoms with Gasteiger partial charge in [0.1, 0.15) is 16.8 Å². The Hall–Kier alpha value is -3.87. The second-order valence-corrected chi connectivity index (χ2v) is 6.25. The maximum Gasteiger partial charge on any atom is 0.255 e. The Balaban J connectivity index is 1.69. The second kappa shape index (κ2) is 8.02. The molecule has 146 valence electrons. The fraction of sp³-hybridized carbons (Fsp3) is 0.136. The molecule has 1 aromatic heterocycles. The van der Waals surface area contributed by atoms with Gasteiger partial charge < -0.3 is 19.2 Å². The summed E-state index contributed by atoms with van der Waals surface area (Å²) in [6.07, 6.45) is 5.38. The average molecular weight is 389 g/mol. The fourth-order valence-electron chi connectivity index (χ4n) is 2.96. The van der Waals surface area contributed by atoms with E-state index in [1.807, 2.05) is 24.3 Å². The van der Waals surface area contributed by atoms with E-state index in [-0.39, 0.29) is 5.91 Å². The molecule has 0 saturated carbocycles. The van der Waals surface area contributed by atoms with E-state index in [9.17, 15) is 4.79 Å². The number of benzene rings is 2. The molecule has 4 rings (SSSR count). The molecule has 7 nitrogen and oxygen atoms in total. The zero-order valence-electron chi connectivity index (χ0n) is 16.0. The van der Waals surface area contributed by atoms with Crippen molar-refractivity contribution < 1.29 is 18.7 Å². The minimum atomic E-state index is -0.298. The standard InChI is InChI=1S/C22H19N3O4/c1-27-15-11-14(12-16(13-15)28-2)21(26)24-18-6-4-3-5-17(18)22-25-19-7-9-23-10-8-20(19)29-22/h3-9,11-13H,10H2,1-2H3,(H,24,26). The Kier molecular flexibility index (Phi) is 5.11. The first-order chi connectivity index (χ1) is 14.2. The first-order valence-electron chi connectivity index (χ1n) is 8.99. The Morgan fingerprint density at radius 3 is 2.62 bits per heavy atom. The highest BCUT2D eigenvalue weighted by Gasteiger charge is 2.15. The molecule has 1 amide bonds. The molecule has 0 atom stereocenters. The van der Waals surface area contributed by atoms with Crippen molar-refractivity contribution in [3.05, 3.63) is 58.8 Å². The van der Waals surface area contributed by atoms with Gasteiger partial charge in [-0.1, -0.05) is 12.1 Å². The molecule has 29 heavy (non-hydrogen) atoms. The third-order valence-electron chi connectivity index (χ3n) is 4.42. The molecule has 1 aliphatic rings. The first kappa shape index (κ1) is 18.5. The minimum Gasteiger partial charge on any atom is -0.497 e. The molecule has 2 aromatic carbocycles. The Morgan fingerprint density at radius 2 is 1.86 bits per heavy atom. The number of para-hydroxylation sites is 1. The summed E-state index contributed by atoms with van der Waals surface area (Å²) in [4.78, 5) is 21.6. The smallest absolute Gasteiger partial charge is 0.255 e. The molecular weight excluding hydrogens is 370 g/mol. The van der Waals surface area contributed by atoms with Crippen molar-refractivity contribution in [1.29, 1.82) is 0 Å². The van der Waals surface area contributed by atoms with Crippen LogP contribution < -0.4 is 25.6 Å². The predicted molar refractivity (Wildman–Crippen MR) is 111 cm³/mol. The van der Waals surface area contributed by atoms with Crippen LogP contribution in [0.4, 0.5) is 5.69 Å². The van der Waals surface area contributed by atoms with E-state index in [0.717, 1.165) is 0 Å². The zero-order valence-corrected chi connectivity index (χ0v) is 16.0. The number of oxazole rings is 1. The van der Waals surface area contributed by atoms with Gasteiger partial charge in [-0.2, -0.15) is 0 Å². The van der Waals surface area contributed by atoms with Gasteiger partial charge in [0.05, 0.1) is 32.0 Å². The molecule has 3 aromatic rings. The number of carbonyl (C=O) groups excluding carboxylic acids is 1. The number of aliphatic imine (C=N–C) groups is 1. The van der Waals surface area contributed by atoms with Crippen LogP contribution in [0.3, 0.4) is 0 Å². The van der Waals surface area contributed by atoms with Crippen molar-refractivity contribution in [3.8, 4) is 23.0 Å². The van der Waals surface area contributed by atoms with Crippen molar-refractivity contribution in [2.24, 2.45) is 4.99 Å². The van der Waals surface area contributed by atoms with Crippen LogP contribution in [-0.2, 0) is 0 Å². The number of fused-ring (bicyclic) bond motifs is 1. The number of hydrogen-bond donors (Lipinski definition) is 1. The van der Waals surface area contributed by atoms with Gasteiger partial charge in [0.25, 0.3) is 5.91 Å². The van der Waals surface area contributed by atoms with Gasteiger partial charge in [-0.05, 0) is 36.4 Å². The predicted octanol–water partition coefficient (Wildman–Crippen LogP) is 2.26. The van der Waals surface area contributed by atoms with E-state index in [0.29, 0.717) is 51.5 Å². The highest BCUT2D eigenvalue weighted by atomic mass is 16.5. The van der Waals surface area contributed by atoms with Crippen molar-refractivity contribution in [2.45, 2.75) is 0 Å². The number of rotatable bonds is 5. The summed E-state index contributed by atoms with van der Waals surface area (Å²) in [5.41, 5.74) is 2.35. The number of nitrogens with zero attached hydrogens (tertiary/aromatic N) is 2. The molecule has 0 spiro atoms. The van der Waals surface area contributed by atoms with E-state index in [1.54, 1.807) is 36.6 Å². The van der Waals surface area contributed by atoms with Gasteiger partial charge in [0, 0.05) is 17.8 Å². The lowest BCUT2D eigenvalue weighted by molar-refractivity contribution is 0.102. The first-order valence-corrected chi connectivity index (χ1v) is 8.99. The summed E-state index contributed by atoms with van der Waals surface area (Å²) in [6, 6.07) is 12.4. The number of hydrogen-bond acceptors (Lipinski definition) is 6. The van der Waals surface area contributed by atoms with Crippen molar-refractivity contribution in [1.82, 2.24) is 4.98 Å². The molecule has 7 heteroatoms. The molecule has 2 heterocycles. The minimum absolute atomic E-state index is 0.298. The van der Waals surface area contributed by atoms with E-state index in [2.05, 4.69) is 15.3 Å². The highest BCUT2D eigenvalue weighted by Crippen LogP contribution is 2.27. The topological polar surface area (TPSA) is 86.0 Å². The van der Waals surface area contributed by atoms with Gasteiger partial charge >= 0.3 is 0 Å². The molecule has 0 saturated heterocycles. The molecule has 0 bridgehead atoms. The van der Waals surface area contributed by atoms with Crippen molar-refractivity contribution in [3.63, 3.8) is 0 Å². The summed E-state index contributed by atoms with van der Waals surface area (Å²) in [7, 11) is 3.08. The quantitative estimate of drug-likeness (QED) is 0.723. The number of ether oxygens (including phenoxy) is 2. The Labute approximate surface area is 167 Å². The van der Waals surface area contributed by atoms with Crippen LogP contribution in [0.2, 0.25) is 0 Å². The van der Waals surface area contributed by atoms with Crippen LogP contribution in [0.1, 0.15) is 10.4 Å². The average Bonchev–Trinajstić information content (AvgIpc) is 3.03. The highest BCUT2D eigenvalue weighted by molar-refractivity contribution is 6.06. The van der Waals surface area contributed by atoms with Gasteiger partial charge in [-0.3, -0.25) is 9.79 Å². The number of aromatic nitrogens is 1. The molecule has 0 unspecified atom stereocenters. The van der Waals surface area contributed by atoms with Crippen LogP contribution in [0.5, 0.6) is 11.5 Å². The van der Waals surface area contributed by atoms with Gasteiger partial charge in [0.2, 0.25) is 5.89 Å². The molecule has 0 radical (unpaired) electrons. The lowest BCUT2D eigenvalue weighted by atomic mass is 10.1. The van der Waals surface area contributed by atoms with Crippen LogP contribution >= 0.6 is 0 Å².